The number of hydrogen-bond donors (Lipinski definition) is 1. The van der Waals surface area contributed by atoms with Crippen molar-refractivity contribution in [1.82, 2.24) is 0 Å². The van der Waals surface area contributed by atoms with Crippen molar-refractivity contribution in [2.75, 3.05) is 19.8 Å². The van der Waals surface area contributed by atoms with Crippen molar-refractivity contribution in [3.8, 4) is 0 Å². The van der Waals surface area contributed by atoms with Crippen LogP contribution < -0.4 is 0 Å². The molecule has 0 spiro atoms. The van der Waals surface area contributed by atoms with E-state index in [0.29, 0.717) is 0 Å². The lowest BCUT2D eigenvalue weighted by Gasteiger charge is -2.49. The molecule has 0 aromatic heterocycles. The van der Waals surface area contributed by atoms with Gasteiger partial charge in [-0.25, -0.2) is 9.59 Å². The van der Waals surface area contributed by atoms with Crippen LogP contribution in [0.15, 0.2) is 273 Å². The summed E-state index contributed by atoms with van der Waals surface area (Å²) in [6.07, 6.45) is -16.4. The van der Waals surface area contributed by atoms with E-state index in [9.17, 15) is 14.7 Å². The van der Waals surface area contributed by atoms with E-state index < -0.39 is 105 Å². The Hall–Kier alpha value is -8.60. The maximum atomic E-state index is 14.9. The summed E-state index contributed by atoms with van der Waals surface area (Å²) in [5.74, 6) is -1.35. The third kappa shape index (κ3) is 19.8. The van der Waals surface area contributed by atoms with Crippen molar-refractivity contribution in [2.24, 2.45) is 0 Å². The lowest BCUT2D eigenvalue weighted by Crippen LogP contribution is -2.65. The van der Waals surface area contributed by atoms with E-state index in [2.05, 4.69) is 0 Å². The average Bonchev–Trinajstić information content (AvgIpc) is 0.779. The zero-order valence-corrected chi connectivity index (χ0v) is 54.3. The Kier molecular flexibility index (Phi) is 25.7. The Morgan fingerprint density at radius 3 is 1.09 bits per heavy atom. The van der Waals surface area contributed by atoms with Crippen LogP contribution in [-0.4, -0.2) is 123 Å². The second kappa shape index (κ2) is 36.3. The van der Waals surface area contributed by atoms with Crippen LogP contribution in [0.25, 0.3) is 0 Å². The van der Waals surface area contributed by atoms with Gasteiger partial charge in [0.25, 0.3) is 0 Å². The highest BCUT2D eigenvalue weighted by Crippen LogP contribution is 2.38. The van der Waals surface area contributed by atoms with Crippen LogP contribution in [0.4, 0.5) is 0 Å². The SMILES string of the molecule is O=C(OC[C@H]1O[C@@H](O[C@H]2[C@H](OCc3ccccc3)[C@@H](OCc3ccccc3)[C@H](O)O[C@@H]2COCc2ccccc2)C[C@@H](OC(=O)c2ccccc2)[C@H]1O[C@H]1O[C@H](COCc2ccccc2)[C@H](OCc2ccccc2)[C@H](OCc2ccccc2)[C@H]1OCc1ccccc1)c1ccccc1. The number of hydrogen-bond acceptors (Lipinski definition) is 17. The summed E-state index contributed by atoms with van der Waals surface area (Å²) >= 11 is 0. The molecule has 17 nitrogen and oxygen atoms in total. The van der Waals surface area contributed by atoms with Gasteiger partial charge in [-0.1, -0.05) is 249 Å². The molecule has 12 rings (SSSR count). The number of carbonyl (C=O) groups is 2. The van der Waals surface area contributed by atoms with Crippen molar-refractivity contribution in [3.05, 3.63) is 323 Å². The summed E-state index contributed by atoms with van der Waals surface area (Å²) in [5, 5.41) is 12.1. The molecular weight excluding hydrogens is 1240 g/mol. The van der Waals surface area contributed by atoms with Crippen LogP contribution in [-0.2, 0) is 113 Å². The second-order valence-corrected chi connectivity index (χ2v) is 24.2. The van der Waals surface area contributed by atoms with Crippen LogP contribution in [0.1, 0.15) is 66.1 Å². The zero-order chi connectivity index (χ0) is 66.9. The summed E-state index contributed by atoms with van der Waals surface area (Å²) in [6.45, 7) is 0.482. The maximum absolute atomic E-state index is 14.9. The summed E-state index contributed by atoms with van der Waals surface area (Å²) in [4.78, 5) is 29.2. The molecule has 0 bridgehead atoms. The van der Waals surface area contributed by atoms with Gasteiger partial charge in [0.15, 0.2) is 18.9 Å². The molecule has 0 unspecified atom stereocenters. The van der Waals surface area contributed by atoms with E-state index in [-0.39, 0.29) is 77.0 Å². The van der Waals surface area contributed by atoms with Crippen molar-refractivity contribution >= 4 is 11.9 Å². The van der Waals surface area contributed by atoms with Gasteiger partial charge in [-0.15, -0.1) is 0 Å². The van der Waals surface area contributed by atoms with E-state index in [1.54, 1.807) is 60.7 Å². The first-order chi connectivity index (χ1) is 48.3. The monoisotopic (exact) mass is 1330 g/mol. The normalized spacial score (nSPS) is 24.7. The van der Waals surface area contributed by atoms with Gasteiger partial charge in [0.1, 0.15) is 73.8 Å². The molecule has 0 radical (unpaired) electrons. The number of aliphatic hydroxyl groups excluding tert-OH is 1. The standard InChI is InChI=1S/C81H82O17/c82-78(64-42-24-8-25-43-64)92-56-69-71(98-81-77(91-53-63-40-22-7-23-41-63)74(88-50-60-34-16-4-17-35-60)72(87-49-59-32-14-3-15-33-59)67(96-81)54-85-47-57-28-10-1-11-29-57)66(94-79(83)65-44-26-9-27-45-65)46-70(93-69)97-73-68(55-86-48-58-30-12-2-13-31-58)95-80(84)76(90-52-62-38-20-6-21-39-62)75(73)89-51-61-36-18-5-19-37-61/h1-45,66-77,80-81,84H,46-56H2/t66-,67-,68-,69-,70+,71-,72+,73-,74+,75+,76-,77-,80-,81-/m1/s1. The predicted octanol–water partition coefficient (Wildman–Crippen LogP) is 12.8. The maximum Gasteiger partial charge on any atom is 0.338 e. The van der Waals surface area contributed by atoms with Gasteiger partial charge >= 0.3 is 11.9 Å². The van der Waals surface area contributed by atoms with Crippen molar-refractivity contribution in [1.29, 1.82) is 0 Å². The fourth-order valence-corrected chi connectivity index (χ4v) is 12.1. The molecule has 3 fully saturated rings. The molecule has 0 amide bonds. The van der Waals surface area contributed by atoms with E-state index in [4.69, 9.17) is 66.3 Å². The second-order valence-electron chi connectivity index (χ2n) is 24.2. The smallest absolute Gasteiger partial charge is 0.338 e. The van der Waals surface area contributed by atoms with Gasteiger partial charge in [0, 0.05) is 6.42 Å². The van der Waals surface area contributed by atoms with Crippen LogP contribution in [0, 0.1) is 0 Å². The van der Waals surface area contributed by atoms with Gasteiger partial charge in [-0.3, -0.25) is 0 Å². The van der Waals surface area contributed by atoms with Crippen LogP contribution in [0.5, 0.6) is 0 Å². The summed E-state index contributed by atoms with van der Waals surface area (Å²) in [6, 6.07) is 85.2. The van der Waals surface area contributed by atoms with Crippen molar-refractivity contribution in [3.63, 3.8) is 0 Å². The molecule has 9 aromatic rings. The van der Waals surface area contributed by atoms with Gasteiger partial charge in [0.05, 0.1) is 70.6 Å². The molecule has 9 aromatic carbocycles. The molecule has 3 saturated heterocycles. The third-order valence-corrected chi connectivity index (χ3v) is 17.2. The Bertz CT molecular complexity index is 3740. The third-order valence-electron chi connectivity index (χ3n) is 17.2. The van der Waals surface area contributed by atoms with Gasteiger partial charge in [-0.05, 0) is 63.2 Å². The van der Waals surface area contributed by atoms with E-state index in [0.717, 1.165) is 38.9 Å². The largest absolute Gasteiger partial charge is 0.459 e. The average molecular weight is 1330 g/mol. The molecule has 0 saturated carbocycles. The van der Waals surface area contributed by atoms with Crippen molar-refractivity contribution in [2.45, 2.75) is 139 Å². The Labute approximate surface area is 571 Å². The summed E-state index contributed by atoms with van der Waals surface area (Å²) < 4.78 is 96.5. The number of benzene rings is 9. The summed E-state index contributed by atoms with van der Waals surface area (Å²) in [5.41, 5.74) is 6.72. The Morgan fingerprint density at radius 1 is 0.327 bits per heavy atom. The summed E-state index contributed by atoms with van der Waals surface area (Å²) in [7, 11) is 0. The lowest BCUT2D eigenvalue weighted by atomic mass is 9.96. The quantitative estimate of drug-likeness (QED) is 0.0392. The number of ether oxygens (including phenoxy) is 14. The highest BCUT2D eigenvalue weighted by Gasteiger charge is 2.55. The molecule has 3 heterocycles. The molecule has 1 N–H and O–H groups in total. The van der Waals surface area contributed by atoms with E-state index >= 15 is 0 Å². The number of aliphatic hydroxyl groups is 1. The lowest BCUT2D eigenvalue weighted by molar-refractivity contribution is -0.372. The highest BCUT2D eigenvalue weighted by molar-refractivity contribution is 5.90. The van der Waals surface area contributed by atoms with Gasteiger partial charge < -0.3 is 71.4 Å². The minimum absolute atomic E-state index is 0.00435. The first-order valence-electron chi connectivity index (χ1n) is 33.3. The zero-order valence-electron chi connectivity index (χ0n) is 54.3. The molecule has 3 aliphatic heterocycles. The van der Waals surface area contributed by atoms with E-state index in [1.807, 2.05) is 212 Å². The van der Waals surface area contributed by atoms with Gasteiger partial charge in [-0.2, -0.15) is 0 Å². The fraction of sp³-hybridized carbons (Fsp3) is 0.309. The molecular formula is C81H82O17. The van der Waals surface area contributed by atoms with E-state index in [1.165, 1.54) is 0 Å². The molecule has 14 atom stereocenters. The minimum Gasteiger partial charge on any atom is -0.459 e. The first kappa shape index (κ1) is 69.3. The van der Waals surface area contributed by atoms with Gasteiger partial charge in [0.2, 0.25) is 0 Å². The van der Waals surface area contributed by atoms with Crippen LogP contribution in [0.2, 0.25) is 0 Å². The predicted molar refractivity (Wildman–Crippen MR) is 362 cm³/mol. The molecule has 0 aliphatic carbocycles. The van der Waals surface area contributed by atoms with Crippen molar-refractivity contribution < 1.29 is 81.0 Å². The topological polar surface area (TPSA) is 184 Å². The highest BCUT2D eigenvalue weighted by atomic mass is 16.8. The fourth-order valence-electron chi connectivity index (χ4n) is 12.1. The van der Waals surface area contributed by atoms with Crippen LogP contribution >= 0.6 is 0 Å². The van der Waals surface area contributed by atoms with Crippen LogP contribution in [0.3, 0.4) is 0 Å². The first-order valence-corrected chi connectivity index (χ1v) is 33.3. The Balaban J connectivity index is 0.937. The molecule has 3 aliphatic rings. The number of esters is 2. The number of carbonyl (C=O) groups excluding carboxylic acids is 2. The minimum atomic E-state index is -1.52. The Morgan fingerprint density at radius 2 is 0.663 bits per heavy atom. The molecule has 508 valence electrons. The number of rotatable bonds is 32. The molecule has 17 heteroatoms. The molecule has 98 heavy (non-hydrogen) atoms.